The first kappa shape index (κ1) is 14.2. The fourth-order valence-corrected chi connectivity index (χ4v) is 2.68. The molecular formula is C14H26N2O. The van der Waals surface area contributed by atoms with E-state index in [4.69, 9.17) is 0 Å². The highest BCUT2D eigenvalue weighted by atomic mass is 16.2. The summed E-state index contributed by atoms with van der Waals surface area (Å²) in [5, 5.41) is 3.43. The smallest absolute Gasteiger partial charge is 0.242 e. The van der Waals surface area contributed by atoms with E-state index in [1.807, 2.05) is 18.0 Å². The van der Waals surface area contributed by atoms with Gasteiger partial charge < -0.3 is 10.2 Å². The van der Waals surface area contributed by atoms with E-state index in [-0.39, 0.29) is 11.4 Å². The van der Waals surface area contributed by atoms with Crippen molar-refractivity contribution in [1.82, 2.24) is 10.2 Å². The lowest BCUT2D eigenvalue weighted by molar-refractivity contribution is -0.136. The van der Waals surface area contributed by atoms with Gasteiger partial charge in [-0.1, -0.05) is 19.4 Å². The van der Waals surface area contributed by atoms with Gasteiger partial charge in [0.1, 0.15) is 0 Å². The molecule has 0 saturated carbocycles. The Morgan fingerprint density at radius 2 is 2.35 bits per heavy atom. The maximum atomic E-state index is 12.5. The first-order valence-corrected chi connectivity index (χ1v) is 6.78. The molecule has 1 unspecified atom stereocenters. The number of carbonyl (C=O) groups is 1. The maximum absolute atomic E-state index is 12.5. The zero-order valence-electron chi connectivity index (χ0n) is 11.3. The molecule has 1 rings (SSSR count). The molecule has 0 spiro atoms. The molecule has 1 amide bonds. The minimum absolute atomic E-state index is 0.266. The summed E-state index contributed by atoms with van der Waals surface area (Å²) in [6, 6.07) is 0. The van der Waals surface area contributed by atoms with Crippen molar-refractivity contribution in [3.8, 4) is 0 Å². The van der Waals surface area contributed by atoms with Crippen molar-refractivity contribution in [3.05, 3.63) is 12.7 Å². The molecule has 1 aliphatic heterocycles. The van der Waals surface area contributed by atoms with Gasteiger partial charge in [-0.25, -0.2) is 0 Å². The molecule has 3 heteroatoms. The van der Waals surface area contributed by atoms with Crippen LogP contribution in [0.1, 0.15) is 45.4 Å². The van der Waals surface area contributed by atoms with Gasteiger partial charge in [0.05, 0.1) is 5.54 Å². The van der Waals surface area contributed by atoms with Crippen molar-refractivity contribution >= 4 is 5.91 Å². The standard InChI is InChI=1S/C14H26N2O/c1-4-6-7-12-16(3)13(17)14(9-5-2)10-8-11-15-14/h4,15H,1,5-12H2,2-3H3. The molecule has 98 valence electrons. The maximum Gasteiger partial charge on any atom is 0.242 e. The lowest BCUT2D eigenvalue weighted by Gasteiger charge is -2.32. The molecule has 0 radical (unpaired) electrons. The summed E-state index contributed by atoms with van der Waals surface area (Å²) >= 11 is 0. The van der Waals surface area contributed by atoms with Gasteiger partial charge in [-0.05, 0) is 38.6 Å². The molecule has 0 aromatic heterocycles. The molecule has 1 heterocycles. The van der Waals surface area contributed by atoms with E-state index in [2.05, 4.69) is 18.8 Å². The predicted octanol–water partition coefficient (Wildman–Crippen LogP) is 2.33. The van der Waals surface area contributed by atoms with Crippen LogP contribution in [0, 0.1) is 0 Å². The SMILES string of the molecule is C=CCCCN(C)C(=O)C1(CCC)CCCN1. The fraction of sp³-hybridized carbons (Fsp3) is 0.786. The second-order valence-corrected chi connectivity index (χ2v) is 5.02. The zero-order valence-corrected chi connectivity index (χ0v) is 11.3. The van der Waals surface area contributed by atoms with E-state index in [0.29, 0.717) is 0 Å². The summed E-state index contributed by atoms with van der Waals surface area (Å²) in [4.78, 5) is 14.4. The van der Waals surface area contributed by atoms with Crippen LogP contribution in [-0.2, 0) is 4.79 Å². The summed E-state index contributed by atoms with van der Waals surface area (Å²) in [6.45, 7) is 7.66. The number of hydrogen-bond donors (Lipinski definition) is 1. The Morgan fingerprint density at radius 1 is 1.59 bits per heavy atom. The molecule has 0 aliphatic carbocycles. The molecule has 0 aromatic carbocycles. The number of unbranched alkanes of at least 4 members (excludes halogenated alkanes) is 1. The molecule has 3 nitrogen and oxygen atoms in total. The van der Waals surface area contributed by atoms with Crippen molar-refractivity contribution in [2.24, 2.45) is 0 Å². The van der Waals surface area contributed by atoms with Crippen LogP contribution in [-0.4, -0.2) is 36.5 Å². The predicted molar refractivity (Wildman–Crippen MR) is 71.9 cm³/mol. The summed E-state index contributed by atoms with van der Waals surface area (Å²) in [7, 11) is 1.92. The molecular weight excluding hydrogens is 212 g/mol. The lowest BCUT2D eigenvalue weighted by atomic mass is 9.90. The van der Waals surface area contributed by atoms with Crippen LogP contribution in [0.5, 0.6) is 0 Å². The number of amides is 1. The Labute approximate surface area is 105 Å². The number of carbonyl (C=O) groups excluding carboxylic acids is 1. The van der Waals surface area contributed by atoms with Crippen LogP contribution < -0.4 is 5.32 Å². The Balaban J connectivity index is 2.55. The average molecular weight is 238 g/mol. The molecule has 0 aromatic rings. The summed E-state index contributed by atoms with van der Waals surface area (Å²) in [5.74, 6) is 0.279. The summed E-state index contributed by atoms with van der Waals surface area (Å²) in [5.41, 5.74) is -0.266. The van der Waals surface area contributed by atoms with Crippen LogP contribution >= 0.6 is 0 Å². The first-order chi connectivity index (χ1) is 8.16. The molecule has 17 heavy (non-hydrogen) atoms. The van der Waals surface area contributed by atoms with Crippen molar-refractivity contribution in [3.63, 3.8) is 0 Å². The highest BCUT2D eigenvalue weighted by Gasteiger charge is 2.41. The Hall–Kier alpha value is -0.830. The van der Waals surface area contributed by atoms with Gasteiger partial charge in [-0.3, -0.25) is 4.79 Å². The van der Waals surface area contributed by atoms with Crippen LogP contribution in [0.3, 0.4) is 0 Å². The quantitative estimate of drug-likeness (QED) is 0.545. The molecule has 1 aliphatic rings. The van der Waals surface area contributed by atoms with Gasteiger partial charge >= 0.3 is 0 Å². The van der Waals surface area contributed by atoms with Gasteiger partial charge in [-0.15, -0.1) is 6.58 Å². The van der Waals surface area contributed by atoms with E-state index in [0.717, 1.165) is 51.6 Å². The van der Waals surface area contributed by atoms with Crippen molar-refractivity contribution in [1.29, 1.82) is 0 Å². The highest BCUT2D eigenvalue weighted by Crippen LogP contribution is 2.26. The molecule has 1 saturated heterocycles. The van der Waals surface area contributed by atoms with Gasteiger partial charge in [-0.2, -0.15) is 0 Å². The average Bonchev–Trinajstić information content (AvgIpc) is 2.78. The normalized spacial score (nSPS) is 23.6. The summed E-state index contributed by atoms with van der Waals surface area (Å²) in [6.07, 6.45) is 8.02. The van der Waals surface area contributed by atoms with Gasteiger partial charge in [0.15, 0.2) is 0 Å². The molecule has 1 N–H and O–H groups in total. The van der Waals surface area contributed by atoms with Crippen molar-refractivity contribution in [2.45, 2.75) is 51.0 Å². The Morgan fingerprint density at radius 3 is 2.88 bits per heavy atom. The van der Waals surface area contributed by atoms with Crippen LogP contribution in [0.25, 0.3) is 0 Å². The molecule has 0 bridgehead atoms. The van der Waals surface area contributed by atoms with Gasteiger partial charge in [0.2, 0.25) is 5.91 Å². The minimum Gasteiger partial charge on any atom is -0.344 e. The van der Waals surface area contributed by atoms with E-state index in [1.54, 1.807) is 0 Å². The van der Waals surface area contributed by atoms with E-state index >= 15 is 0 Å². The third-order valence-electron chi connectivity index (χ3n) is 3.58. The lowest BCUT2D eigenvalue weighted by Crippen LogP contribution is -2.54. The zero-order chi connectivity index (χ0) is 12.7. The van der Waals surface area contributed by atoms with Crippen LogP contribution in [0.4, 0.5) is 0 Å². The monoisotopic (exact) mass is 238 g/mol. The third-order valence-corrected chi connectivity index (χ3v) is 3.58. The number of allylic oxidation sites excluding steroid dienone is 1. The second-order valence-electron chi connectivity index (χ2n) is 5.02. The minimum atomic E-state index is -0.266. The second kappa shape index (κ2) is 6.80. The fourth-order valence-electron chi connectivity index (χ4n) is 2.68. The van der Waals surface area contributed by atoms with Crippen molar-refractivity contribution in [2.75, 3.05) is 20.1 Å². The van der Waals surface area contributed by atoms with E-state index in [9.17, 15) is 4.79 Å². The molecule has 1 fully saturated rings. The topological polar surface area (TPSA) is 32.3 Å². The number of nitrogens with one attached hydrogen (secondary N) is 1. The summed E-state index contributed by atoms with van der Waals surface area (Å²) < 4.78 is 0. The number of likely N-dealkylation sites (N-methyl/N-ethyl adjacent to an activating group) is 1. The van der Waals surface area contributed by atoms with Gasteiger partial charge in [0, 0.05) is 13.6 Å². The Kier molecular flexibility index (Phi) is 5.69. The number of nitrogens with zero attached hydrogens (tertiary/aromatic N) is 1. The van der Waals surface area contributed by atoms with E-state index < -0.39 is 0 Å². The molecule has 1 atom stereocenters. The van der Waals surface area contributed by atoms with Gasteiger partial charge in [0.25, 0.3) is 0 Å². The van der Waals surface area contributed by atoms with Crippen molar-refractivity contribution < 1.29 is 4.79 Å². The van der Waals surface area contributed by atoms with Crippen LogP contribution in [0.15, 0.2) is 12.7 Å². The third kappa shape index (κ3) is 3.56. The number of rotatable bonds is 7. The number of hydrogen-bond acceptors (Lipinski definition) is 2. The first-order valence-electron chi connectivity index (χ1n) is 6.78. The Bertz CT molecular complexity index is 257. The van der Waals surface area contributed by atoms with E-state index in [1.165, 1.54) is 0 Å². The highest BCUT2D eigenvalue weighted by molar-refractivity contribution is 5.86. The van der Waals surface area contributed by atoms with Crippen LogP contribution in [0.2, 0.25) is 0 Å². The largest absolute Gasteiger partial charge is 0.344 e.